The minimum absolute atomic E-state index is 0.0586. The highest BCUT2D eigenvalue weighted by atomic mass is 35.5. The molecule has 1 atom stereocenters. The molecule has 0 aliphatic carbocycles. The van der Waals surface area contributed by atoms with E-state index in [1.807, 2.05) is 30.3 Å². The number of hydrogen-bond donors (Lipinski definition) is 1. The molecule has 0 bridgehead atoms. The normalized spacial score (nSPS) is 16.7. The molecule has 6 heteroatoms. The minimum Gasteiger partial charge on any atom is -0.355 e. The van der Waals surface area contributed by atoms with Crippen molar-refractivity contribution in [3.8, 4) is 0 Å². The summed E-state index contributed by atoms with van der Waals surface area (Å²) in [6.07, 6.45) is 0.230. The van der Waals surface area contributed by atoms with E-state index >= 15 is 0 Å². The van der Waals surface area contributed by atoms with Gasteiger partial charge in [0.05, 0.1) is 16.6 Å². The van der Waals surface area contributed by atoms with E-state index in [0.29, 0.717) is 23.8 Å². The average molecular weight is 389 g/mol. The van der Waals surface area contributed by atoms with Crippen LogP contribution < -0.4 is 10.2 Å². The molecule has 1 saturated heterocycles. The minimum atomic E-state index is -0.321. The van der Waals surface area contributed by atoms with E-state index in [2.05, 4.69) is 17.4 Å². The fraction of sp³-hybridized carbons (Fsp3) is 0.300. The topological polar surface area (TPSA) is 49.4 Å². The zero-order valence-corrected chi connectivity index (χ0v) is 15.9. The van der Waals surface area contributed by atoms with Crippen LogP contribution in [0, 0.1) is 5.92 Å². The third-order valence-corrected chi connectivity index (χ3v) is 5.65. The molecule has 1 N–H and O–H groups in total. The Morgan fingerprint density at radius 2 is 1.88 bits per heavy atom. The highest BCUT2D eigenvalue weighted by molar-refractivity contribution is 7.98. The van der Waals surface area contributed by atoms with E-state index in [1.54, 1.807) is 28.8 Å². The van der Waals surface area contributed by atoms with Crippen molar-refractivity contribution in [2.24, 2.45) is 5.92 Å². The second-order valence-corrected chi connectivity index (χ2v) is 7.70. The molecule has 1 aliphatic rings. The molecule has 0 radical (unpaired) electrons. The van der Waals surface area contributed by atoms with Crippen LogP contribution in [0.4, 0.5) is 5.69 Å². The molecule has 2 aromatic carbocycles. The Hall–Kier alpha value is -1.98. The first-order valence-corrected chi connectivity index (χ1v) is 10.1. The SMILES string of the molecule is O=C(NCCSCc1ccccc1)C1CC(=O)N(c2ccccc2Cl)C1. The van der Waals surface area contributed by atoms with Crippen LogP contribution in [-0.2, 0) is 15.3 Å². The molecule has 3 rings (SSSR count). The first-order valence-electron chi connectivity index (χ1n) is 8.59. The number of para-hydroxylation sites is 1. The lowest BCUT2D eigenvalue weighted by Gasteiger charge is -2.18. The van der Waals surface area contributed by atoms with Crippen LogP contribution >= 0.6 is 23.4 Å². The number of hydrogen-bond acceptors (Lipinski definition) is 3. The predicted octanol–water partition coefficient (Wildman–Crippen LogP) is 3.74. The Bertz CT molecular complexity index is 769. The van der Waals surface area contributed by atoms with Gasteiger partial charge in [-0.15, -0.1) is 0 Å². The summed E-state index contributed by atoms with van der Waals surface area (Å²) < 4.78 is 0. The number of thioether (sulfide) groups is 1. The van der Waals surface area contributed by atoms with Crippen molar-refractivity contribution >= 4 is 40.9 Å². The van der Waals surface area contributed by atoms with Crippen LogP contribution in [0.3, 0.4) is 0 Å². The summed E-state index contributed by atoms with van der Waals surface area (Å²) >= 11 is 7.95. The number of nitrogens with one attached hydrogen (secondary N) is 1. The maximum absolute atomic E-state index is 12.4. The Morgan fingerprint density at radius 3 is 2.65 bits per heavy atom. The van der Waals surface area contributed by atoms with Gasteiger partial charge in [-0.05, 0) is 17.7 Å². The molecule has 1 aliphatic heterocycles. The quantitative estimate of drug-likeness (QED) is 0.735. The number of benzene rings is 2. The zero-order chi connectivity index (χ0) is 18.4. The van der Waals surface area contributed by atoms with Gasteiger partial charge >= 0.3 is 0 Å². The van der Waals surface area contributed by atoms with E-state index in [1.165, 1.54) is 5.56 Å². The highest BCUT2D eigenvalue weighted by Gasteiger charge is 2.35. The van der Waals surface area contributed by atoms with Gasteiger partial charge in [-0.2, -0.15) is 11.8 Å². The van der Waals surface area contributed by atoms with Gasteiger partial charge < -0.3 is 10.2 Å². The molecule has 0 aromatic heterocycles. The molecular weight excluding hydrogens is 368 g/mol. The summed E-state index contributed by atoms with van der Waals surface area (Å²) in [6.45, 7) is 0.985. The molecule has 136 valence electrons. The lowest BCUT2D eigenvalue weighted by molar-refractivity contribution is -0.126. The number of carbonyl (C=O) groups excluding carboxylic acids is 2. The number of nitrogens with zero attached hydrogens (tertiary/aromatic N) is 1. The third-order valence-electron chi connectivity index (χ3n) is 4.30. The van der Waals surface area contributed by atoms with Crippen molar-refractivity contribution in [1.82, 2.24) is 5.32 Å². The molecule has 0 spiro atoms. The van der Waals surface area contributed by atoms with E-state index in [9.17, 15) is 9.59 Å². The van der Waals surface area contributed by atoms with Crippen molar-refractivity contribution in [2.45, 2.75) is 12.2 Å². The lowest BCUT2D eigenvalue weighted by Crippen LogP contribution is -2.34. The van der Waals surface area contributed by atoms with E-state index in [4.69, 9.17) is 11.6 Å². The van der Waals surface area contributed by atoms with Gasteiger partial charge in [0.25, 0.3) is 0 Å². The summed E-state index contributed by atoms with van der Waals surface area (Å²) in [5.41, 5.74) is 1.95. The van der Waals surface area contributed by atoms with Crippen LogP contribution in [-0.4, -0.2) is 30.7 Å². The fourth-order valence-corrected chi connectivity index (χ4v) is 4.00. The molecule has 1 heterocycles. The van der Waals surface area contributed by atoms with Gasteiger partial charge in [0.2, 0.25) is 11.8 Å². The number of anilines is 1. The second kappa shape index (κ2) is 9.10. The van der Waals surface area contributed by atoms with Gasteiger partial charge in [0, 0.05) is 31.0 Å². The van der Waals surface area contributed by atoms with Crippen LogP contribution in [0.25, 0.3) is 0 Å². The Labute approximate surface area is 162 Å². The number of halogens is 1. The lowest BCUT2D eigenvalue weighted by atomic mass is 10.1. The zero-order valence-electron chi connectivity index (χ0n) is 14.4. The summed E-state index contributed by atoms with van der Waals surface area (Å²) in [7, 11) is 0. The molecular formula is C20H21ClN2O2S. The molecule has 1 unspecified atom stereocenters. The van der Waals surface area contributed by atoms with Crippen LogP contribution in [0.15, 0.2) is 54.6 Å². The first kappa shape index (κ1) is 18.8. The smallest absolute Gasteiger partial charge is 0.227 e. The molecule has 2 aromatic rings. The van der Waals surface area contributed by atoms with Crippen LogP contribution in [0.5, 0.6) is 0 Å². The average Bonchev–Trinajstić information content (AvgIpc) is 3.04. The van der Waals surface area contributed by atoms with Crippen molar-refractivity contribution in [1.29, 1.82) is 0 Å². The van der Waals surface area contributed by atoms with Crippen LogP contribution in [0.2, 0.25) is 5.02 Å². The number of carbonyl (C=O) groups is 2. The fourth-order valence-electron chi connectivity index (χ4n) is 2.94. The maximum atomic E-state index is 12.4. The summed E-state index contributed by atoms with van der Waals surface area (Å²) in [6, 6.07) is 17.5. The van der Waals surface area contributed by atoms with E-state index in [-0.39, 0.29) is 24.2 Å². The Balaban J connectivity index is 1.43. The van der Waals surface area contributed by atoms with Gasteiger partial charge in [-0.1, -0.05) is 54.1 Å². The van der Waals surface area contributed by atoms with Crippen molar-refractivity contribution in [3.05, 3.63) is 65.2 Å². The highest BCUT2D eigenvalue weighted by Crippen LogP contribution is 2.30. The van der Waals surface area contributed by atoms with Gasteiger partial charge in [0.15, 0.2) is 0 Å². The van der Waals surface area contributed by atoms with Crippen molar-refractivity contribution < 1.29 is 9.59 Å². The second-order valence-electron chi connectivity index (χ2n) is 6.19. The molecule has 2 amide bonds. The van der Waals surface area contributed by atoms with Crippen molar-refractivity contribution in [3.63, 3.8) is 0 Å². The number of amides is 2. The molecule has 4 nitrogen and oxygen atoms in total. The van der Waals surface area contributed by atoms with Gasteiger partial charge in [-0.25, -0.2) is 0 Å². The maximum Gasteiger partial charge on any atom is 0.227 e. The third kappa shape index (κ3) is 4.80. The monoisotopic (exact) mass is 388 g/mol. The van der Waals surface area contributed by atoms with E-state index in [0.717, 1.165) is 11.5 Å². The summed E-state index contributed by atoms with van der Waals surface area (Å²) in [4.78, 5) is 26.2. The van der Waals surface area contributed by atoms with Gasteiger partial charge in [-0.3, -0.25) is 9.59 Å². The van der Waals surface area contributed by atoms with E-state index < -0.39 is 0 Å². The van der Waals surface area contributed by atoms with Crippen LogP contribution in [0.1, 0.15) is 12.0 Å². The standard InChI is InChI=1S/C20H21ClN2O2S/c21-17-8-4-5-9-18(17)23-13-16(12-19(23)24)20(25)22-10-11-26-14-15-6-2-1-3-7-15/h1-9,16H,10-14H2,(H,22,25). The summed E-state index contributed by atoms with van der Waals surface area (Å²) in [5, 5.41) is 3.47. The van der Waals surface area contributed by atoms with Crippen molar-refractivity contribution in [2.75, 3.05) is 23.7 Å². The predicted molar refractivity (Wildman–Crippen MR) is 108 cm³/mol. The summed E-state index contributed by atoms with van der Waals surface area (Å²) in [5.74, 6) is 1.33. The molecule has 26 heavy (non-hydrogen) atoms. The first-order chi connectivity index (χ1) is 12.6. The molecule has 1 fully saturated rings. The number of rotatable bonds is 7. The molecule has 0 saturated carbocycles. The Morgan fingerprint density at radius 1 is 1.15 bits per heavy atom. The largest absolute Gasteiger partial charge is 0.355 e. The van der Waals surface area contributed by atoms with Gasteiger partial charge in [0.1, 0.15) is 0 Å². The Kier molecular flexibility index (Phi) is 6.58.